The van der Waals surface area contributed by atoms with Crippen LogP contribution in [-0.4, -0.2) is 40.4 Å². The van der Waals surface area contributed by atoms with Crippen molar-refractivity contribution in [2.75, 3.05) is 18.4 Å². The maximum absolute atomic E-state index is 12.5. The Balaban J connectivity index is 1.74. The van der Waals surface area contributed by atoms with Crippen LogP contribution in [0.4, 0.5) is 5.13 Å². The number of sulfonamides is 1. The summed E-state index contributed by atoms with van der Waals surface area (Å²) in [4.78, 5) is 17.3. The zero-order valence-electron chi connectivity index (χ0n) is 16.0. The lowest BCUT2D eigenvalue weighted by atomic mass is 10.2. The third-order valence-corrected chi connectivity index (χ3v) is 7.30. The molecule has 0 fully saturated rings. The van der Waals surface area contributed by atoms with E-state index in [1.54, 1.807) is 24.3 Å². The van der Waals surface area contributed by atoms with Gasteiger partial charge < -0.3 is 5.32 Å². The van der Waals surface area contributed by atoms with E-state index in [9.17, 15) is 13.2 Å². The largest absolute Gasteiger partial charge is 0.356 e. The van der Waals surface area contributed by atoms with Gasteiger partial charge in [-0.2, -0.15) is 8.82 Å². The Bertz CT molecular complexity index is 1120. The highest BCUT2D eigenvalue weighted by Gasteiger charge is 2.21. The summed E-state index contributed by atoms with van der Waals surface area (Å²) in [6.07, 6.45) is 0.690. The summed E-state index contributed by atoms with van der Waals surface area (Å²) in [5.41, 5.74) is 1.45. The molecule has 0 aliphatic rings. The minimum atomic E-state index is -3.46. The molecule has 0 aliphatic carbocycles. The van der Waals surface area contributed by atoms with Gasteiger partial charge >= 0.3 is 0 Å². The Kier molecular flexibility index (Phi) is 6.11. The first-order valence-corrected chi connectivity index (χ1v) is 11.4. The molecular weight excluding hydrogens is 398 g/mol. The van der Waals surface area contributed by atoms with E-state index >= 15 is 0 Å². The molecule has 0 atom stereocenters. The molecule has 1 N–H and O–H groups in total. The summed E-state index contributed by atoms with van der Waals surface area (Å²) in [6, 6.07) is 8.27. The number of nitrogens with zero attached hydrogens (tertiary/aromatic N) is 4. The van der Waals surface area contributed by atoms with Crippen molar-refractivity contribution in [1.82, 2.24) is 18.9 Å². The van der Waals surface area contributed by atoms with E-state index in [4.69, 9.17) is 0 Å². The van der Waals surface area contributed by atoms with Gasteiger partial charge in [0.25, 0.3) is 5.56 Å². The highest BCUT2D eigenvalue weighted by Crippen LogP contribution is 2.19. The van der Waals surface area contributed by atoms with E-state index in [1.807, 2.05) is 20.8 Å². The number of aryl methyl sites for hydroxylation is 1. The molecule has 8 nitrogen and oxygen atoms in total. The second kappa shape index (κ2) is 8.38. The summed E-state index contributed by atoms with van der Waals surface area (Å²) < 4.78 is 27.8. The van der Waals surface area contributed by atoms with E-state index in [2.05, 4.69) is 15.4 Å². The fourth-order valence-corrected chi connectivity index (χ4v) is 5.06. The average Bonchev–Trinajstić information content (AvgIpc) is 3.11. The lowest BCUT2D eigenvalue weighted by Gasteiger charge is -2.18. The molecule has 150 valence electrons. The van der Waals surface area contributed by atoms with Gasteiger partial charge in [0.2, 0.25) is 20.1 Å². The van der Waals surface area contributed by atoms with Crippen LogP contribution < -0.4 is 10.9 Å². The standard InChI is InChI=1S/C18H23N5O3S2/c1-4-14-11-16(24)23-18(20-14)27-17(21-23)19-12-13-7-9-15(10-8-13)28(25,26)22(5-2)6-3/h7-11H,4-6,12H2,1-3H3,(H,19,21). The number of anilines is 1. The van der Waals surface area contributed by atoms with E-state index in [1.165, 1.54) is 26.2 Å². The molecular formula is C18H23N5O3S2. The molecule has 3 aromatic rings. The van der Waals surface area contributed by atoms with Crippen LogP contribution in [0.1, 0.15) is 32.0 Å². The molecule has 1 aromatic carbocycles. The first-order chi connectivity index (χ1) is 13.4. The van der Waals surface area contributed by atoms with Gasteiger partial charge in [0, 0.05) is 31.4 Å². The summed E-state index contributed by atoms with van der Waals surface area (Å²) >= 11 is 1.30. The summed E-state index contributed by atoms with van der Waals surface area (Å²) in [7, 11) is -3.46. The van der Waals surface area contributed by atoms with E-state index < -0.39 is 10.0 Å². The molecule has 0 bridgehead atoms. The van der Waals surface area contributed by atoms with Crippen molar-refractivity contribution in [3.05, 3.63) is 51.9 Å². The maximum Gasteiger partial charge on any atom is 0.275 e. The van der Waals surface area contributed by atoms with Crippen LogP contribution in [0.25, 0.3) is 4.96 Å². The molecule has 0 saturated carbocycles. The van der Waals surface area contributed by atoms with Crippen molar-refractivity contribution >= 4 is 31.5 Å². The van der Waals surface area contributed by atoms with Gasteiger partial charge in [-0.25, -0.2) is 13.4 Å². The molecule has 2 heterocycles. The molecule has 2 aromatic heterocycles. The third-order valence-electron chi connectivity index (χ3n) is 4.37. The van der Waals surface area contributed by atoms with Gasteiger partial charge in [0.1, 0.15) is 0 Å². The van der Waals surface area contributed by atoms with Crippen molar-refractivity contribution in [3.63, 3.8) is 0 Å². The first kappa shape index (κ1) is 20.4. The molecule has 28 heavy (non-hydrogen) atoms. The van der Waals surface area contributed by atoms with E-state index in [-0.39, 0.29) is 10.5 Å². The van der Waals surface area contributed by atoms with Crippen molar-refractivity contribution < 1.29 is 8.42 Å². The fraction of sp³-hybridized carbons (Fsp3) is 0.389. The second-order valence-electron chi connectivity index (χ2n) is 6.13. The predicted octanol–water partition coefficient (Wildman–Crippen LogP) is 2.36. The van der Waals surface area contributed by atoms with Crippen LogP contribution in [0.3, 0.4) is 0 Å². The first-order valence-electron chi connectivity index (χ1n) is 9.11. The minimum absolute atomic E-state index is 0.197. The zero-order chi connectivity index (χ0) is 20.3. The summed E-state index contributed by atoms with van der Waals surface area (Å²) in [5.74, 6) is 0. The molecule has 0 amide bonds. The van der Waals surface area contributed by atoms with Crippen molar-refractivity contribution in [2.24, 2.45) is 0 Å². The number of nitrogens with one attached hydrogen (secondary N) is 1. The van der Waals surface area contributed by atoms with E-state index in [0.29, 0.717) is 36.1 Å². The molecule has 3 rings (SSSR count). The molecule has 0 radical (unpaired) electrons. The van der Waals surface area contributed by atoms with Crippen LogP contribution >= 0.6 is 11.3 Å². The van der Waals surface area contributed by atoms with Crippen LogP contribution in [-0.2, 0) is 23.0 Å². The Morgan fingerprint density at radius 1 is 1.14 bits per heavy atom. The van der Waals surface area contributed by atoms with Gasteiger partial charge in [-0.15, -0.1) is 5.10 Å². The molecule has 0 aliphatic heterocycles. The zero-order valence-corrected chi connectivity index (χ0v) is 17.7. The minimum Gasteiger partial charge on any atom is -0.356 e. The quantitative estimate of drug-likeness (QED) is 0.600. The van der Waals surface area contributed by atoms with Crippen molar-refractivity contribution in [3.8, 4) is 0 Å². The van der Waals surface area contributed by atoms with Crippen LogP contribution in [0.5, 0.6) is 0 Å². The Morgan fingerprint density at radius 2 is 1.82 bits per heavy atom. The number of benzene rings is 1. The number of hydrogen-bond acceptors (Lipinski definition) is 7. The van der Waals surface area contributed by atoms with Crippen molar-refractivity contribution in [2.45, 2.75) is 38.6 Å². The summed E-state index contributed by atoms with van der Waals surface area (Å²) in [6.45, 7) is 6.92. The van der Waals surface area contributed by atoms with Gasteiger partial charge in [0.05, 0.1) is 4.90 Å². The maximum atomic E-state index is 12.5. The van der Waals surface area contributed by atoms with Crippen LogP contribution in [0, 0.1) is 0 Å². The fourth-order valence-electron chi connectivity index (χ4n) is 2.78. The molecule has 10 heteroatoms. The highest BCUT2D eigenvalue weighted by molar-refractivity contribution is 7.89. The van der Waals surface area contributed by atoms with E-state index in [0.717, 1.165) is 11.3 Å². The van der Waals surface area contributed by atoms with Gasteiger partial charge in [-0.05, 0) is 24.1 Å². The number of rotatable bonds is 8. The topological polar surface area (TPSA) is 96.7 Å². The second-order valence-corrected chi connectivity index (χ2v) is 9.02. The SMILES string of the molecule is CCc1cc(=O)n2nc(NCc3ccc(S(=O)(=O)N(CC)CC)cc3)sc2n1. The van der Waals surface area contributed by atoms with Crippen LogP contribution in [0.2, 0.25) is 0 Å². The number of fused-ring (bicyclic) bond motifs is 1. The molecule has 0 spiro atoms. The average molecular weight is 422 g/mol. The lowest BCUT2D eigenvalue weighted by Crippen LogP contribution is -2.30. The number of hydrogen-bond donors (Lipinski definition) is 1. The highest BCUT2D eigenvalue weighted by atomic mass is 32.2. The normalized spacial score (nSPS) is 12.0. The van der Waals surface area contributed by atoms with Gasteiger partial charge in [-0.3, -0.25) is 4.79 Å². The predicted molar refractivity (Wildman–Crippen MR) is 110 cm³/mol. The van der Waals surface area contributed by atoms with Crippen LogP contribution in [0.15, 0.2) is 40.0 Å². The smallest absolute Gasteiger partial charge is 0.275 e. The Labute approximate surface area is 167 Å². The summed E-state index contributed by atoms with van der Waals surface area (Å²) in [5, 5.41) is 8.00. The van der Waals surface area contributed by atoms with Crippen molar-refractivity contribution in [1.29, 1.82) is 0 Å². The van der Waals surface area contributed by atoms with Gasteiger partial charge in [0.15, 0.2) is 0 Å². The van der Waals surface area contributed by atoms with Gasteiger partial charge in [-0.1, -0.05) is 44.2 Å². The monoisotopic (exact) mass is 421 g/mol. The lowest BCUT2D eigenvalue weighted by molar-refractivity contribution is 0.445. The molecule has 0 unspecified atom stereocenters. The third kappa shape index (κ3) is 4.08. The Morgan fingerprint density at radius 3 is 2.43 bits per heavy atom. The Hall–Kier alpha value is -2.30. The number of aromatic nitrogens is 3. The molecule has 0 saturated heterocycles.